The summed E-state index contributed by atoms with van der Waals surface area (Å²) in [5.41, 5.74) is 1.97. The van der Waals surface area contributed by atoms with Crippen LogP contribution in [0.15, 0.2) is 60.8 Å². The summed E-state index contributed by atoms with van der Waals surface area (Å²) in [6.07, 6.45) is 1.72. The Morgan fingerprint density at radius 1 is 1.08 bits per heavy atom. The zero-order chi connectivity index (χ0) is 16.8. The molecule has 2 N–H and O–H groups in total. The van der Waals surface area contributed by atoms with Crippen molar-refractivity contribution in [1.82, 2.24) is 4.98 Å². The summed E-state index contributed by atoms with van der Waals surface area (Å²) in [5, 5.41) is 6.58. The molecule has 0 bridgehead atoms. The van der Waals surface area contributed by atoms with Crippen molar-refractivity contribution in [3.8, 4) is 5.75 Å². The summed E-state index contributed by atoms with van der Waals surface area (Å²) in [7, 11) is 0. The Morgan fingerprint density at radius 3 is 2.46 bits per heavy atom. The van der Waals surface area contributed by atoms with E-state index in [-0.39, 0.29) is 12.5 Å². The van der Waals surface area contributed by atoms with E-state index >= 15 is 0 Å². The minimum absolute atomic E-state index is 0.0515. The van der Waals surface area contributed by atoms with Gasteiger partial charge in [-0.1, -0.05) is 18.2 Å². The van der Waals surface area contributed by atoms with Crippen LogP contribution in [0.3, 0.4) is 0 Å². The molecule has 0 saturated heterocycles. The van der Waals surface area contributed by atoms with Gasteiger partial charge in [-0.3, -0.25) is 10.1 Å². The molecule has 6 heteroatoms. The molecule has 122 valence electrons. The van der Waals surface area contributed by atoms with Crippen LogP contribution in [0.5, 0.6) is 5.75 Å². The SMILES string of the molecule is Cc1cnc(NC(=O)COc2ccc(Nc3ccccc3)cc2)s1. The minimum atomic E-state index is -0.226. The molecule has 0 atom stereocenters. The maximum Gasteiger partial charge on any atom is 0.264 e. The van der Waals surface area contributed by atoms with Gasteiger partial charge in [0.15, 0.2) is 11.7 Å². The number of aromatic nitrogens is 1. The molecule has 0 saturated carbocycles. The fourth-order valence-electron chi connectivity index (χ4n) is 2.04. The van der Waals surface area contributed by atoms with E-state index in [2.05, 4.69) is 15.6 Å². The number of anilines is 3. The van der Waals surface area contributed by atoms with Crippen LogP contribution in [0.4, 0.5) is 16.5 Å². The number of rotatable bonds is 6. The lowest BCUT2D eigenvalue weighted by Crippen LogP contribution is -2.19. The van der Waals surface area contributed by atoms with E-state index in [0.717, 1.165) is 16.3 Å². The Labute approximate surface area is 144 Å². The third-order valence-electron chi connectivity index (χ3n) is 3.15. The molecule has 1 aromatic heterocycles. The van der Waals surface area contributed by atoms with Crippen LogP contribution in [0.2, 0.25) is 0 Å². The summed E-state index contributed by atoms with van der Waals surface area (Å²) < 4.78 is 5.49. The molecule has 1 heterocycles. The van der Waals surface area contributed by atoms with Gasteiger partial charge < -0.3 is 10.1 Å². The number of benzene rings is 2. The third-order valence-corrected chi connectivity index (χ3v) is 3.98. The van der Waals surface area contributed by atoms with Crippen LogP contribution >= 0.6 is 11.3 Å². The predicted molar refractivity (Wildman–Crippen MR) is 97.1 cm³/mol. The van der Waals surface area contributed by atoms with Crippen LogP contribution in [-0.2, 0) is 4.79 Å². The number of hydrogen-bond acceptors (Lipinski definition) is 5. The molecule has 3 aromatic rings. The smallest absolute Gasteiger partial charge is 0.264 e. The van der Waals surface area contributed by atoms with E-state index in [4.69, 9.17) is 4.74 Å². The second kappa shape index (κ2) is 7.61. The molecular formula is C18H17N3O2S. The van der Waals surface area contributed by atoms with Crippen LogP contribution in [-0.4, -0.2) is 17.5 Å². The summed E-state index contributed by atoms with van der Waals surface area (Å²) in [4.78, 5) is 17.0. The van der Waals surface area contributed by atoms with E-state index in [1.807, 2.05) is 61.5 Å². The molecule has 0 unspecified atom stereocenters. The van der Waals surface area contributed by atoms with Crippen LogP contribution in [0.1, 0.15) is 4.88 Å². The molecule has 0 aliphatic carbocycles. The Balaban J connectivity index is 1.50. The fourth-order valence-corrected chi connectivity index (χ4v) is 2.72. The van der Waals surface area contributed by atoms with Gasteiger partial charge in [0.1, 0.15) is 5.75 Å². The maximum absolute atomic E-state index is 11.8. The van der Waals surface area contributed by atoms with Gasteiger partial charge in [0.05, 0.1) is 0 Å². The molecule has 0 aliphatic heterocycles. The lowest BCUT2D eigenvalue weighted by atomic mass is 10.2. The minimum Gasteiger partial charge on any atom is -0.484 e. The van der Waals surface area contributed by atoms with Crippen molar-refractivity contribution < 1.29 is 9.53 Å². The molecular weight excluding hydrogens is 322 g/mol. The number of carbonyl (C=O) groups excluding carboxylic acids is 1. The highest BCUT2D eigenvalue weighted by molar-refractivity contribution is 7.15. The Morgan fingerprint density at radius 2 is 1.79 bits per heavy atom. The van der Waals surface area contributed by atoms with Crippen LogP contribution in [0.25, 0.3) is 0 Å². The Hall–Kier alpha value is -2.86. The summed E-state index contributed by atoms with van der Waals surface area (Å²) in [6.45, 7) is 1.89. The summed E-state index contributed by atoms with van der Waals surface area (Å²) >= 11 is 1.43. The topological polar surface area (TPSA) is 63.2 Å². The van der Waals surface area contributed by atoms with E-state index in [0.29, 0.717) is 10.9 Å². The zero-order valence-electron chi connectivity index (χ0n) is 13.2. The normalized spacial score (nSPS) is 10.2. The van der Waals surface area contributed by atoms with E-state index in [1.165, 1.54) is 11.3 Å². The number of para-hydroxylation sites is 1. The second-order valence-electron chi connectivity index (χ2n) is 5.13. The highest BCUT2D eigenvalue weighted by atomic mass is 32.1. The van der Waals surface area contributed by atoms with Crippen molar-refractivity contribution in [2.45, 2.75) is 6.92 Å². The van der Waals surface area contributed by atoms with E-state index in [9.17, 15) is 4.79 Å². The lowest BCUT2D eigenvalue weighted by molar-refractivity contribution is -0.118. The quantitative estimate of drug-likeness (QED) is 0.706. The van der Waals surface area contributed by atoms with Gasteiger partial charge in [0.2, 0.25) is 0 Å². The number of thiazole rings is 1. The second-order valence-corrected chi connectivity index (χ2v) is 6.36. The first-order valence-corrected chi connectivity index (χ1v) is 8.28. The molecule has 0 radical (unpaired) electrons. The number of ether oxygens (including phenoxy) is 1. The van der Waals surface area contributed by atoms with E-state index in [1.54, 1.807) is 6.20 Å². The standard InChI is InChI=1S/C18H17N3O2S/c1-13-11-19-18(24-13)21-17(22)12-23-16-9-7-15(8-10-16)20-14-5-3-2-4-6-14/h2-11,20H,12H2,1H3,(H,19,21,22). The van der Waals surface area contributed by atoms with Crippen LogP contribution in [0, 0.1) is 6.92 Å². The van der Waals surface area contributed by atoms with Crippen molar-refractivity contribution >= 4 is 33.8 Å². The summed E-state index contributed by atoms with van der Waals surface area (Å²) in [6, 6.07) is 17.4. The first kappa shape index (κ1) is 16.0. The number of carbonyl (C=O) groups is 1. The Bertz CT molecular complexity index is 801. The number of nitrogens with zero attached hydrogens (tertiary/aromatic N) is 1. The monoisotopic (exact) mass is 339 g/mol. The Kier molecular flexibility index (Phi) is 5.08. The van der Waals surface area contributed by atoms with Crippen molar-refractivity contribution in [2.75, 3.05) is 17.2 Å². The molecule has 24 heavy (non-hydrogen) atoms. The molecule has 1 amide bonds. The van der Waals surface area contributed by atoms with Crippen molar-refractivity contribution in [3.05, 3.63) is 65.7 Å². The first-order chi connectivity index (χ1) is 11.7. The molecule has 0 aliphatic rings. The van der Waals surface area contributed by atoms with Gasteiger partial charge in [0, 0.05) is 22.4 Å². The van der Waals surface area contributed by atoms with Crippen molar-refractivity contribution in [3.63, 3.8) is 0 Å². The first-order valence-electron chi connectivity index (χ1n) is 7.46. The number of amides is 1. The molecule has 3 rings (SSSR count). The van der Waals surface area contributed by atoms with Crippen LogP contribution < -0.4 is 15.4 Å². The zero-order valence-corrected chi connectivity index (χ0v) is 14.0. The highest BCUT2D eigenvalue weighted by Crippen LogP contribution is 2.20. The largest absolute Gasteiger partial charge is 0.484 e. The van der Waals surface area contributed by atoms with Gasteiger partial charge >= 0.3 is 0 Å². The molecule has 0 spiro atoms. The molecule has 5 nitrogen and oxygen atoms in total. The summed E-state index contributed by atoms with van der Waals surface area (Å²) in [5.74, 6) is 0.412. The van der Waals surface area contributed by atoms with Gasteiger partial charge in [0.25, 0.3) is 5.91 Å². The predicted octanol–water partition coefficient (Wildman–Crippen LogP) is 4.21. The van der Waals surface area contributed by atoms with Crippen molar-refractivity contribution in [1.29, 1.82) is 0 Å². The van der Waals surface area contributed by atoms with Gasteiger partial charge in [-0.25, -0.2) is 4.98 Å². The number of aryl methyl sites for hydroxylation is 1. The van der Waals surface area contributed by atoms with Gasteiger partial charge in [-0.2, -0.15) is 0 Å². The van der Waals surface area contributed by atoms with Gasteiger partial charge in [-0.15, -0.1) is 11.3 Å². The number of hydrogen-bond donors (Lipinski definition) is 2. The van der Waals surface area contributed by atoms with E-state index < -0.39 is 0 Å². The third kappa shape index (κ3) is 4.57. The average Bonchev–Trinajstić information content (AvgIpc) is 3.00. The van der Waals surface area contributed by atoms with Crippen molar-refractivity contribution in [2.24, 2.45) is 0 Å². The average molecular weight is 339 g/mol. The maximum atomic E-state index is 11.8. The molecule has 0 fully saturated rings. The number of nitrogens with one attached hydrogen (secondary N) is 2. The highest BCUT2D eigenvalue weighted by Gasteiger charge is 2.06. The fraction of sp³-hybridized carbons (Fsp3) is 0.111. The van der Waals surface area contributed by atoms with Gasteiger partial charge in [-0.05, 0) is 43.3 Å². The molecule has 2 aromatic carbocycles. The lowest BCUT2D eigenvalue weighted by Gasteiger charge is -2.08.